The molecule has 0 bridgehead atoms. The molecule has 1 aromatic carbocycles. The standard InChI is InChI=1S/C30H46N2O8/c1-22(28(35)36)12-10-11-21-31-26(33)20-19-25(30(39)40)32-27(34)14-9-7-5-3-2-4-6-8-13-23-15-17-24(18-16-23)29(37)38/h15-18,22,25H,2-14,19-21H2,1H3,(H,31,33)(H,32,34)(H,35,36)(H,37,38)(H,39,40)/t22-,25-/m0/s1. The molecular formula is C30H46N2O8. The van der Waals surface area contributed by atoms with Crippen LogP contribution in [0.2, 0.25) is 0 Å². The zero-order chi connectivity index (χ0) is 29.8. The van der Waals surface area contributed by atoms with Gasteiger partial charge in [0.05, 0.1) is 11.5 Å². The Morgan fingerprint density at radius 3 is 1.85 bits per heavy atom. The minimum atomic E-state index is -1.17. The van der Waals surface area contributed by atoms with E-state index in [2.05, 4.69) is 10.6 Å². The van der Waals surface area contributed by atoms with Gasteiger partial charge in [-0.25, -0.2) is 9.59 Å². The molecule has 10 nitrogen and oxygen atoms in total. The first-order chi connectivity index (χ1) is 19.1. The van der Waals surface area contributed by atoms with Crippen molar-refractivity contribution >= 4 is 29.7 Å². The lowest BCUT2D eigenvalue weighted by atomic mass is 10.0. The lowest BCUT2D eigenvalue weighted by molar-refractivity contribution is -0.142. The molecule has 40 heavy (non-hydrogen) atoms. The Balaban J connectivity index is 2.06. The van der Waals surface area contributed by atoms with E-state index in [4.69, 9.17) is 10.2 Å². The first-order valence-corrected chi connectivity index (χ1v) is 14.4. The molecule has 0 saturated carbocycles. The number of amides is 2. The number of rotatable bonds is 23. The highest BCUT2D eigenvalue weighted by Crippen LogP contribution is 2.13. The number of aryl methyl sites for hydroxylation is 1. The molecule has 0 aliphatic rings. The van der Waals surface area contributed by atoms with Crippen molar-refractivity contribution in [3.05, 3.63) is 35.4 Å². The van der Waals surface area contributed by atoms with E-state index in [0.717, 1.165) is 56.9 Å². The molecule has 224 valence electrons. The lowest BCUT2D eigenvalue weighted by Crippen LogP contribution is -2.41. The van der Waals surface area contributed by atoms with Crippen LogP contribution in [-0.4, -0.2) is 57.6 Å². The fraction of sp³-hybridized carbons (Fsp3) is 0.633. The van der Waals surface area contributed by atoms with Gasteiger partial charge in [0.15, 0.2) is 0 Å². The molecule has 0 spiro atoms. The third-order valence-electron chi connectivity index (χ3n) is 6.92. The first-order valence-electron chi connectivity index (χ1n) is 14.4. The van der Waals surface area contributed by atoms with Crippen LogP contribution in [0.4, 0.5) is 0 Å². The molecule has 0 radical (unpaired) electrons. The number of carbonyl (C=O) groups excluding carboxylic acids is 2. The number of carbonyl (C=O) groups is 5. The monoisotopic (exact) mass is 562 g/mol. The SMILES string of the molecule is C[C@@H](CCCCNC(=O)CC[C@H](NC(=O)CCCCCCCCCCc1ccc(C(=O)O)cc1)C(=O)O)C(=O)O. The van der Waals surface area contributed by atoms with Crippen LogP contribution in [0.15, 0.2) is 24.3 Å². The fourth-order valence-corrected chi connectivity index (χ4v) is 4.30. The quantitative estimate of drug-likeness (QED) is 0.118. The Morgan fingerprint density at radius 2 is 1.27 bits per heavy atom. The predicted octanol–water partition coefficient (Wildman–Crippen LogP) is 4.80. The third kappa shape index (κ3) is 16.5. The second-order valence-corrected chi connectivity index (χ2v) is 10.4. The predicted molar refractivity (Wildman–Crippen MR) is 151 cm³/mol. The van der Waals surface area contributed by atoms with Gasteiger partial charge in [0.1, 0.15) is 6.04 Å². The maximum atomic E-state index is 12.2. The summed E-state index contributed by atoms with van der Waals surface area (Å²) in [6.07, 6.45) is 11.2. The zero-order valence-electron chi connectivity index (χ0n) is 23.7. The summed E-state index contributed by atoms with van der Waals surface area (Å²) in [6.45, 7) is 2.04. The van der Waals surface area contributed by atoms with Crippen molar-refractivity contribution in [2.75, 3.05) is 6.54 Å². The maximum absolute atomic E-state index is 12.2. The molecule has 0 aromatic heterocycles. The van der Waals surface area contributed by atoms with Crippen molar-refractivity contribution in [2.24, 2.45) is 5.92 Å². The number of aliphatic carboxylic acids is 2. The topological polar surface area (TPSA) is 170 Å². The number of benzene rings is 1. The highest BCUT2D eigenvalue weighted by molar-refractivity contribution is 5.87. The van der Waals surface area contributed by atoms with Gasteiger partial charge in [-0.1, -0.05) is 64.0 Å². The van der Waals surface area contributed by atoms with E-state index >= 15 is 0 Å². The first kappa shape index (κ1) is 34.6. The Labute approximate surface area is 236 Å². The van der Waals surface area contributed by atoms with Crippen molar-refractivity contribution in [2.45, 2.75) is 109 Å². The lowest BCUT2D eigenvalue weighted by Gasteiger charge is -2.14. The average molecular weight is 563 g/mol. The summed E-state index contributed by atoms with van der Waals surface area (Å²) >= 11 is 0. The Hall–Kier alpha value is -3.43. The van der Waals surface area contributed by atoms with Crippen LogP contribution in [0.1, 0.15) is 113 Å². The van der Waals surface area contributed by atoms with Crippen LogP contribution in [-0.2, 0) is 25.6 Å². The zero-order valence-corrected chi connectivity index (χ0v) is 23.7. The minimum Gasteiger partial charge on any atom is -0.481 e. The summed E-state index contributed by atoms with van der Waals surface area (Å²) in [6, 6.07) is 5.90. The second-order valence-electron chi connectivity index (χ2n) is 10.4. The molecule has 0 saturated heterocycles. The number of unbranched alkanes of at least 4 members (excludes halogenated alkanes) is 8. The summed E-state index contributed by atoms with van der Waals surface area (Å²) in [5, 5.41) is 32.4. The van der Waals surface area contributed by atoms with Gasteiger partial charge in [-0.2, -0.15) is 0 Å². The van der Waals surface area contributed by atoms with Gasteiger partial charge in [-0.15, -0.1) is 0 Å². The van der Waals surface area contributed by atoms with Gasteiger partial charge in [0, 0.05) is 19.4 Å². The van der Waals surface area contributed by atoms with E-state index in [-0.39, 0.29) is 31.1 Å². The molecule has 10 heteroatoms. The molecule has 5 N–H and O–H groups in total. The minimum absolute atomic E-state index is 0.0105. The number of carboxylic acids is 3. The molecule has 2 atom stereocenters. The van der Waals surface area contributed by atoms with Crippen LogP contribution < -0.4 is 10.6 Å². The van der Waals surface area contributed by atoms with E-state index in [9.17, 15) is 29.1 Å². The van der Waals surface area contributed by atoms with Gasteiger partial charge in [-0.05, 0) is 56.2 Å². The van der Waals surface area contributed by atoms with Gasteiger partial charge in [0.2, 0.25) is 11.8 Å². The molecule has 1 rings (SSSR count). The Morgan fingerprint density at radius 1 is 0.675 bits per heavy atom. The average Bonchev–Trinajstić information content (AvgIpc) is 2.91. The Bertz CT molecular complexity index is 932. The van der Waals surface area contributed by atoms with Gasteiger partial charge >= 0.3 is 17.9 Å². The molecule has 2 amide bonds. The second kappa shape index (κ2) is 20.5. The largest absolute Gasteiger partial charge is 0.481 e. The molecule has 0 unspecified atom stereocenters. The summed E-state index contributed by atoms with van der Waals surface area (Å²) in [7, 11) is 0. The molecule has 0 heterocycles. The molecule has 0 aliphatic carbocycles. The van der Waals surface area contributed by atoms with Crippen molar-refractivity contribution in [3.63, 3.8) is 0 Å². The van der Waals surface area contributed by atoms with Crippen LogP contribution in [0.25, 0.3) is 0 Å². The summed E-state index contributed by atoms with van der Waals surface area (Å²) < 4.78 is 0. The van der Waals surface area contributed by atoms with E-state index in [1.165, 1.54) is 0 Å². The van der Waals surface area contributed by atoms with Gasteiger partial charge in [0.25, 0.3) is 0 Å². The van der Waals surface area contributed by atoms with Crippen LogP contribution in [0.5, 0.6) is 0 Å². The number of hydrogen-bond acceptors (Lipinski definition) is 5. The highest BCUT2D eigenvalue weighted by Gasteiger charge is 2.20. The van der Waals surface area contributed by atoms with Crippen molar-refractivity contribution in [1.82, 2.24) is 10.6 Å². The highest BCUT2D eigenvalue weighted by atomic mass is 16.4. The van der Waals surface area contributed by atoms with E-state index in [1.54, 1.807) is 19.1 Å². The van der Waals surface area contributed by atoms with Crippen LogP contribution >= 0.6 is 0 Å². The van der Waals surface area contributed by atoms with E-state index in [0.29, 0.717) is 37.8 Å². The van der Waals surface area contributed by atoms with E-state index < -0.39 is 29.9 Å². The summed E-state index contributed by atoms with van der Waals surface area (Å²) in [5.74, 6) is -3.95. The van der Waals surface area contributed by atoms with Crippen molar-refractivity contribution < 1.29 is 39.3 Å². The van der Waals surface area contributed by atoms with Crippen molar-refractivity contribution in [1.29, 1.82) is 0 Å². The smallest absolute Gasteiger partial charge is 0.335 e. The summed E-state index contributed by atoms with van der Waals surface area (Å²) in [5.41, 5.74) is 1.45. The maximum Gasteiger partial charge on any atom is 0.335 e. The normalized spacial score (nSPS) is 12.3. The van der Waals surface area contributed by atoms with E-state index in [1.807, 2.05) is 12.1 Å². The number of carboxylic acid groups (broad SMARTS) is 3. The Kier molecular flexibility index (Phi) is 17.7. The molecule has 0 aliphatic heterocycles. The molecule has 1 aromatic rings. The number of nitrogens with one attached hydrogen (secondary N) is 2. The number of aromatic carboxylic acids is 1. The van der Waals surface area contributed by atoms with Crippen LogP contribution in [0, 0.1) is 5.92 Å². The molecule has 0 fully saturated rings. The van der Waals surface area contributed by atoms with Gasteiger partial charge < -0.3 is 26.0 Å². The van der Waals surface area contributed by atoms with Gasteiger partial charge in [-0.3, -0.25) is 14.4 Å². The van der Waals surface area contributed by atoms with Crippen molar-refractivity contribution in [3.8, 4) is 0 Å². The van der Waals surface area contributed by atoms with Crippen LogP contribution in [0.3, 0.4) is 0 Å². The fourth-order valence-electron chi connectivity index (χ4n) is 4.30. The number of hydrogen-bond donors (Lipinski definition) is 5. The molecular weight excluding hydrogens is 516 g/mol. The summed E-state index contributed by atoms with van der Waals surface area (Å²) in [4.78, 5) is 57.3. The third-order valence-corrected chi connectivity index (χ3v) is 6.92.